The molecule has 0 fully saturated rings. The maximum absolute atomic E-state index is 13.0. The lowest BCUT2D eigenvalue weighted by molar-refractivity contribution is 0.242. The molecule has 0 radical (unpaired) electrons. The van der Waals surface area contributed by atoms with E-state index in [2.05, 4.69) is 4.72 Å². The Balaban J connectivity index is 1.82. The van der Waals surface area contributed by atoms with E-state index >= 15 is 0 Å². The number of ether oxygens (including phenoxy) is 1. The van der Waals surface area contributed by atoms with Gasteiger partial charge in [-0.1, -0.05) is 29.8 Å². The van der Waals surface area contributed by atoms with Crippen LogP contribution in [0.3, 0.4) is 0 Å². The summed E-state index contributed by atoms with van der Waals surface area (Å²) in [7, 11) is 0. The molecule has 0 amide bonds. The molecule has 2 atom stereocenters. The summed E-state index contributed by atoms with van der Waals surface area (Å²) in [6.45, 7) is 3.89. The van der Waals surface area contributed by atoms with Crippen LogP contribution in [0.2, 0.25) is 5.02 Å². The average molecular weight is 434 g/mol. The van der Waals surface area contributed by atoms with Crippen molar-refractivity contribution in [2.45, 2.75) is 34.6 Å². The summed E-state index contributed by atoms with van der Waals surface area (Å²) >= 11 is 3.13. The highest BCUT2D eigenvalue weighted by molar-refractivity contribution is 7.93. The van der Waals surface area contributed by atoms with Crippen LogP contribution in [0, 0.1) is 0 Å². The Morgan fingerprint density at radius 1 is 0.893 bits per heavy atom. The number of anilines is 1. The fraction of sp³-hybridized carbons (Fsp3) is 0.143. The van der Waals surface area contributed by atoms with Gasteiger partial charge >= 0.3 is 0 Å². The molecule has 4 nitrogen and oxygen atoms in total. The molecule has 0 saturated heterocycles. The Bertz CT molecular complexity index is 907. The van der Waals surface area contributed by atoms with E-state index in [0.717, 1.165) is 0 Å². The van der Waals surface area contributed by atoms with Gasteiger partial charge in [-0.25, -0.2) is 0 Å². The van der Waals surface area contributed by atoms with E-state index in [4.69, 9.17) is 16.3 Å². The van der Waals surface area contributed by atoms with Crippen LogP contribution in [0.25, 0.3) is 0 Å². The van der Waals surface area contributed by atoms with Crippen LogP contribution in [0.15, 0.2) is 87.5 Å². The molecule has 0 bridgehead atoms. The van der Waals surface area contributed by atoms with Crippen molar-refractivity contribution in [1.82, 2.24) is 0 Å². The first-order chi connectivity index (χ1) is 13.4. The highest BCUT2D eigenvalue weighted by atomic mass is 35.5. The number of hydrogen-bond donors (Lipinski definition) is 1. The van der Waals surface area contributed by atoms with Gasteiger partial charge in [0, 0.05) is 22.3 Å². The lowest BCUT2D eigenvalue weighted by atomic mass is 10.3. The molecule has 1 N–H and O–H groups in total. The molecule has 146 valence electrons. The highest BCUT2D eigenvalue weighted by Gasteiger charge is 2.23. The third kappa shape index (κ3) is 5.37. The fourth-order valence-corrected chi connectivity index (χ4v) is 4.87. The second-order valence-electron chi connectivity index (χ2n) is 6.23. The summed E-state index contributed by atoms with van der Waals surface area (Å²) in [5.74, 6) is 0.716. The molecule has 0 aromatic heterocycles. The molecule has 0 aliphatic heterocycles. The van der Waals surface area contributed by atoms with Gasteiger partial charge < -0.3 is 13.8 Å². The van der Waals surface area contributed by atoms with Crippen molar-refractivity contribution in [3.63, 3.8) is 0 Å². The molecule has 0 heterocycles. The topological polar surface area (TPSA) is 67.4 Å². The lowest BCUT2D eigenvalue weighted by Gasteiger charge is -2.17. The minimum atomic E-state index is -1.53. The molecule has 0 aliphatic rings. The fourth-order valence-electron chi connectivity index (χ4n) is 2.48. The maximum atomic E-state index is 13.0. The Kier molecular flexibility index (Phi) is 7.15. The second kappa shape index (κ2) is 9.58. The quantitative estimate of drug-likeness (QED) is 0.504. The van der Waals surface area contributed by atoms with Gasteiger partial charge in [-0.15, -0.1) is 0 Å². The number of benzene rings is 3. The van der Waals surface area contributed by atoms with Crippen molar-refractivity contribution in [2.24, 2.45) is 0 Å². The summed E-state index contributed by atoms with van der Waals surface area (Å²) in [5, 5.41) is 0.464. The third-order valence-corrected chi connectivity index (χ3v) is 6.49. The van der Waals surface area contributed by atoms with E-state index in [1.807, 2.05) is 32.0 Å². The summed E-state index contributed by atoms with van der Waals surface area (Å²) in [5.41, 5.74) is 0.507. The van der Waals surface area contributed by atoms with Crippen molar-refractivity contribution in [3.05, 3.63) is 77.8 Å². The van der Waals surface area contributed by atoms with Crippen LogP contribution in [0.1, 0.15) is 13.8 Å². The SMILES string of the molecule is CC(C)Oc1ccc([S+]([O-])Nc2ccc(Cl)cc2[S+]([O-])c2ccccc2)cc1. The molecule has 3 rings (SSSR count). The maximum Gasteiger partial charge on any atom is 0.187 e. The monoisotopic (exact) mass is 433 g/mol. The zero-order valence-corrected chi connectivity index (χ0v) is 17.8. The number of halogens is 1. The first-order valence-corrected chi connectivity index (χ1v) is 11.3. The molecule has 0 aliphatic carbocycles. The van der Waals surface area contributed by atoms with Gasteiger partial charge in [0.1, 0.15) is 22.8 Å². The molecular formula is C21H20ClNO3S2. The van der Waals surface area contributed by atoms with Gasteiger partial charge in [0.15, 0.2) is 14.7 Å². The lowest BCUT2D eigenvalue weighted by Crippen LogP contribution is -2.16. The molecular weight excluding hydrogens is 414 g/mol. The Morgan fingerprint density at radius 2 is 1.57 bits per heavy atom. The number of rotatable bonds is 7. The summed E-state index contributed by atoms with van der Waals surface area (Å²) in [6.07, 6.45) is 0.0686. The normalized spacial score (nSPS) is 13.2. The van der Waals surface area contributed by atoms with Crippen molar-refractivity contribution in [1.29, 1.82) is 0 Å². The molecule has 28 heavy (non-hydrogen) atoms. The molecule has 3 aromatic rings. The number of nitrogens with one attached hydrogen (secondary N) is 1. The van der Waals surface area contributed by atoms with E-state index in [-0.39, 0.29) is 6.10 Å². The summed E-state index contributed by atoms with van der Waals surface area (Å²) in [4.78, 5) is 1.71. The zero-order chi connectivity index (χ0) is 20.1. The van der Waals surface area contributed by atoms with E-state index in [9.17, 15) is 9.11 Å². The largest absolute Gasteiger partial charge is 0.606 e. The average Bonchev–Trinajstić information content (AvgIpc) is 2.69. The van der Waals surface area contributed by atoms with Crippen molar-refractivity contribution in [2.75, 3.05) is 4.72 Å². The van der Waals surface area contributed by atoms with Crippen molar-refractivity contribution in [3.8, 4) is 5.75 Å². The van der Waals surface area contributed by atoms with E-state index in [1.165, 1.54) is 0 Å². The van der Waals surface area contributed by atoms with Crippen LogP contribution < -0.4 is 9.46 Å². The second-order valence-corrected chi connectivity index (χ2v) is 9.33. The van der Waals surface area contributed by atoms with Gasteiger partial charge in [0.25, 0.3) is 0 Å². The molecule has 2 unspecified atom stereocenters. The first kappa shape index (κ1) is 20.9. The van der Waals surface area contributed by atoms with Crippen molar-refractivity contribution >= 4 is 39.8 Å². The summed E-state index contributed by atoms with van der Waals surface area (Å²) in [6, 6.07) is 21.1. The van der Waals surface area contributed by atoms with E-state index in [0.29, 0.717) is 31.1 Å². The van der Waals surface area contributed by atoms with Crippen molar-refractivity contribution < 1.29 is 13.8 Å². The van der Waals surface area contributed by atoms with Crippen LogP contribution in [0.5, 0.6) is 5.75 Å². The summed E-state index contributed by atoms with van der Waals surface area (Å²) < 4.78 is 34.3. The standard InChI is InChI=1S/C21H20ClNO3S2/c1-15(2)26-17-9-11-19(12-10-17)28(25)23-20-13-8-16(22)14-21(20)27(24)18-6-4-3-5-7-18/h3-15,23H,1-2H3. The Labute approximate surface area is 176 Å². The van der Waals surface area contributed by atoms with E-state index in [1.54, 1.807) is 54.6 Å². The molecule has 0 spiro atoms. The molecule has 7 heteroatoms. The van der Waals surface area contributed by atoms with Crippen LogP contribution in [-0.2, 0) is 22.5 Å². The van der Waals surface area contributed by atoms with Crippen LogP contribution in [-0.4, -0.2) is 15.2 Å². The van der Waals surface area contributed by atoms with Crippen LogP contribution >= 0.6 is 11.6 Å². The predicted molar refractivity (Wildman–Crippen MR) is 115 cm³/mol. The van der Waals surface area contributed by atoms with E-state index < -0.39 is 22.5 Å². The zero-order valence-electron chi connectivity index (χ0n) is 15.4. The third-order valence-electron chi connectivity index (χ3n) is 3.71. The van der Waals surface area contributed by atoms with Gasteiger partial charge in [0.05, 0.1) is 6.10 Å². The first-order valence-electron chi connectivity index (χ1n) is 8.65. The Hall–Kier alpha value is -1.83. The molecule has 0 saturated carbocycles. The minimum absolute atomic E-state index is 0.0686. The highest BCUT2D eigenvalue weighted by Crippen LogP contribution is 2.32. The molecule has 3 aromatic carbocycles. The minimum Gasteiger partial charge on any atom is -0.606 e. The van der Waals surface area contributed by atoms with Crippen LogP contribution in [0.4, 0.5) is 5.69 Å². The van der Waals surface area contributed by atoms with Gasteiger partial charge in [-0.2, -0.15) is 4.72 Å². The number of hydrogen-bond acceptors (Lipinski definition) is 4. The smallest absolute Gasteiger partial charge is 0.187 e. The predicted octanol–water partition coefficient (Wildman–Crippen LogP) is 5.43. The Morgan fingerprint density at radius 3 is 2.21 bits per heavy atom. The van der Waals surface area contributed by atoms with Gasteiger partial charge in [0.2, 0.25) is 0 Å². The van der Waals surface area contributed by atoms with Gasteiger partial charge in [-0.05, 0) is 62.4 Å². The van der Waals surface area contributed by atoms with Gasteiger partial charge in [-0.3, -0.25) is 0 Å².